The average molecular weight is 202 g/mol. The number of hydrogen-bond donors (Lipinski definition) is 3. The van der Waals surface area contributed by atoms with Gasteiger partial charge >= 0.3 is 5.97 Å². The van der Waals surface area contributed by atoms with Crippen molar-refractivity contribution in [3.8, 4) is 0 Å². The van der Waals surface area contributed by atoms with Gasteiger partial charge in [-0.05, 0) is 32.6 Å². The van der Waals surface area contributed by atoms with Gasteiger partial charge in [0.2, 0.25) is 0 Å². The normalized spacial score (nSPS) is 9.93. The molecule has 3 N–H and O–H groups in total. The van der Waals surface area contributed by atoms with E-state index in [2.05, 4.69) is 0 Å². The Hall–Kier alpha value is -0.870. The number of rotatable bonds is 7. The Bertz CT molecular complexity index is 198. The average Bonchev–Trinajstić information content (AvgIpc) is 2.17. The Morgan fingerprint density at radius 3 is 1.79 bits per heavy atom. The highest BCUT2D eigenvalue weighted by molar-refractivity contribution is 5.86. The first-order chi connectivity index (χ1) is 6.63. The van der Waals surface area contributed by atoms with Crippen molar-refractivity contribution in [3.63, 3.8) is 0 Å². The molecule has 4 nitrogen and oxygen atoms in total. The van der Waals surface area contributed by atoms with E-state index in [4.69, 9.17) is 15.3 Å². The molecule has 0 saturated carbocycles. The van der Waals surface area contributed by atoms with Crippen molar-refractivity contribution in [2.45, 2.75) is 32.6 Å². The molecule has 82 valence electrons. The summed E-state index contributed by atoms with van der Waals surface area (Å²) in [5.41, 5.74) is 1.16. The predicted molar refractivity (Wildman–Crippen MR) is 53.0 cm³/mol. The van der Waals surface area contributed by atoms with Crippen LogP contribution in [0.1, 0.15) is 32.6 Å². The largest absolute Gasteiger partial charge is 0.478 e. The second-order valence-corrected chi connectivity index (χ2v) is 3.19. The highest BCUT2D eigenvalue weighted by atomic mass is 16.4. The SMILES string of the molecule is CC(C(=O)O)=C(CCCO)CCCO. The number of carboxylic acid groups (broad SMARTS) is 1. The van der Waals surface area contributed by atoms with Crippen LogP contribution in [0.5, 0.6) is 0 Å². The summed E-state index contributed by atoms with van der Waals surface area (Å²) >= 11 is 0. The van der Waals surface area contributed by atoms with Gasteiger partial charge in [-0.2, -0.15) is 0 Å². The maximum atomic E-state index is 10.7. The number of aliphatic carboxylic acids is 1. The minimum atomic E-state index is -0.920. The molecule has 0 aliphatic heterocycles. The van der Waals surface area contributed by atoms with Crippen LogP contribution < -0.4 is 0 Å². The fourth-order valence-electron chi connectivity index (χ4n) is 1.24. The minimum absolute atomic E-state index is 0.0650. The van der Waals surface area contributed by atoms with Gasteiger partial charge in [0.15, 0.2) is 0 Å². The summed E-state index contributed by atoms with van der Waals surface area (Å²) in [6, 6.07) is 0. The number of hydrogen-bond acceptors (Lipinski definition) is 3. The van der Waals surface area contributed by atoms with E-state index in [9.17, 15) is 4.79 Å². The Kier molecular flexibility index (Phi) is 7.06. The van der Waals surface area contributed by atoms with Gasteiger partial charge in [-0.25, -0.2) is 4.79 Å². The highest BCUT2D eigenvalue weighted by Gasteiger charge is 2.08. The van der Waals surface area contributed by atoms with E-state index >= 15 is 0 Å². The monoisotopic (exact) mass is 202 g/mol. The smallest absolute Gasteiger partial charge is 0.331 e. The van der Waals surface area contributed by atoms with Gasteiger partial charge in [0.25, 0.3) is 0 Å². The zero-order chi connectivity index (χ0) is 11.0. The van der Waals surface area contributed by atoms with Crippen molar-refractivity contribution in [3.05, 3.63) is 11.1 Å². The van der Waals surface area contributed by atoms with Crippen LogP contribution >= 0.6 is 0 Å². The van der Waals surface area contributed by atoms with E-state index in [1.165, 1.54) is 0 Å². The molecule has 0 rings (SSSR count). The van der Waals surface area contributed by atoms with Gasteiger partial charge in [0.1, 0.15) is 0 Å². The maximum absolute atomic E-state index is 10.7. The van der Waals surface area contributed by atoms with Crippen LogP contribution in [0, 0.1) is 0 Å². The van der Waals surface area contributed by atoms with Crippen LogP contribution in [0.15, 0.2) is 11.1 Å². The van der Waals surface area contributed by atoms with Gasteiger partial charge in [0, 0.05) is 18.8 Å². The molecular formula is C10H18O4. The third-order valence-electron chi connectivity index (χ3n) is 2.12. The number of aliphatic hydroxyl groups is 2. The molecule has 0 aromatic rings. The molecule has 0 radical (unpaired) electrons. The van der Waals surface area contributed by atoms with E-state index in [-0.39, 0.29) is 13.2 Å². The summed E-state index contributed by atoms with van der Waals surface area (Å²) in [5, 5.41) is 26.1. The molecular weight excluding hydrogens is 184 g/mol. The lowest BCUT2D eigenvalue weighted by Gasteiger charge is -2.08. The van der Waals surface area contributed by atoms with Crippen LogP contribution in [0.2, 0.25) is 0 Å². The van der Waals surface area contributed by atoms with Crippen LogP contribution in [0.3, 0.4) is 0 Å². The number of carbonyl (C=O) groups is 1. The zero-order valence-electron chi connectivity index (χ0n) is 8.49. The molecule has 0 unspecified atom stereocenters. The van der Waals surface area contributed by atoms with Crippen molar-refractivity contribution >= 4 is 5.97 Å². The second-order valence-electron chi connectivity index (χ2n) is 3.19. The first-order valence-electron chi connectivity index (χ1n) is 4.77. The van der Waals surface area contributed by atoms with Gasteiger partial charge < -0.3 is 15.3 Å². The van der Waals surface area contributed by atoms with E-state index in [1.54, 1.807) is 6.92 Å². The quantitative estimate of drug-likeness (QED) is 0.537. The molecule has 0 heterocycles. The molecule has 0 bridgehead atoms. The van der Waals surface area contributed by atoms with E-state index in [1.807, 2.05) is 0 Å². The van der Waals surface area contributed by atoms with Crippen LogP contribution in [-0.4, -0.2) is 34.5 Å². The van der Waals surface area contributed by atoms with E-state index < -0.39 is 5.97 Å². The van der Waals surface area contributed by atoms with Crippen LogP contribution in [0.4, 0.5) is 0 Å². The van der Waals surface area contributed by atoms with Gasteiger partial charge in [0.05, 0.1) is 0 Å². The Morgan fingerprint density at radius 2 is 1.50 bits per heavy atom. The summed E-state index contributed by atoms with van der Waals surface area (Å²) < 4.78 is 0. The molecule has 14 heavy (non-hydrogen) atoms. The fourth-order valence-corrected chi connectivity index (χ4v) is 1.24. The third-order valence-corrected chi connectivity index (χ3v) is 2.12. The predicted octanol–water partition coefficient (Wildman–Crippen LogP) is 0.932. The Balaban J connectivity index is 4.35. The Morgan fingerprint density at radius 1 is 1.07 bits per heavy atom. The first-order valence-corrected chi connectivity index (χ1v) is 4.77. The highest BCUT2D eigenvalue weighted by Crippen LogP contribution is 2.17. The van der Waals surface area contributed by atoms with Gasteiger partial charge in [-0.3, -0.25) is 0 Å². The van der Waals surface area contributed by atoms with E-state index in [0.29, 0.717) is 31.3 Å². The number of carboxylic acids is 1. The number of allylic oxidation sites excluding steroid dienone is 1. The molecule has 0 aromatic carbocycles. The standard InChI is InChI=1S/C10H18O4/c1-8(10(13)14)9(4-2-6-11)5-3-7-12/h11-12H,2-7H2,1H3,(H,13,14). The minimum Gasteiger partial charge on any atom is -0.478 e. The second kappa shape index (κ2) is 7.53. The summed E-state index contributed by atoms with van der Waals surface area (Å²) in [6.45, 7) is 1.69. The molecule has 4 heteroatoms. The lowest BCUT2D eigenvalue weighted by molar-refractivity contribution is -0.132. The summed E-state index contributed by atoms with van der Waals surface area (Å²) in [7, 11) is 0. The number of aliphatic hydroxyl groups excluding tert-OH is 2. The summed E-state index contributed by atoms with van der Waals surface area (Å²) in [4.78, 5) is 10.7. The molecule has 0 aromatic heterocycles. The van der Waals surface area contributed by atoms with Crippen LogP contribution in [-0.2, 0) is 4.79 Å². The lowest BCUT2D eigenvalue weighted by Crippen LogP contribution is -2.03. The van der Waals surface area contributed by atoms with Crippen molar-refractivity contribution in [2.75, 3.05) is 13.2 Å². The van der Waals surface area contributed by atoms with Crippen molar-refractivity contribution in [1.82, 2.24) is 0 Å². The van der Waals surface area contributed by atoms with Crippen molar-refractivity contribution in [2.24, 2.45) is 0 Å². The molecule has 0 aliphatic carbocycles. The summed E-state index contributed by atoms with van der Waals surface area (Å²) in [6.07, 6.45) is 2.33. The Labute approximate surface area is 83.9 Å². The maximum Gasteiger partial charge on any atom is 0.331 e. The fraction of sp³-hybridized carbons (Fsp3) is 0.700. The topological polar surface area (TPSA) is 77.8 Å². The first kappa shape index (κ1) is 13.1. The zero-order valence-corrected chi connectivity index (χ0v) is 8.49. The lowest BCUT2D eigenvalue weighted by atomic mass is 10.00. The van der Waals surface area contributed by atoms with E-state index in [0.717, 1.165) is 5.57 Å². The van der Waals surface area contributed by atoms with Gasteiger partial charge in [-0.1, -0.05) is 5.57 Å². The molecule has 0 aliphatic rings. The van der Waals surface area contributed by atoms with Gasteiger partial charge in [-0.15, -0.1) is 0 Å². The molecule has 0 spiro atoms. The van der Waals surface area contributed by atoms with Crippen molar-refractivity contribution in [1.29, 1.82) is 0 Å². The van der Waals surface area contributed by atoms with Crippen LogP contribution in [0.25, 0.3) is 0 Å². The molecule has 0 fully saturated rings. The van der Waals surface area contributed by atoms with Crippen molar-refractivity contribution < 1.29 is 20.1 Å². The third kappa shape index (κ3) is 4.99. The molecule has 0 amide bonds. The molecule has 0 saturated heterocycles. The molecule has 0 atom stereocenters. The summed E-state index contributed by atoms with van der Waals surface area (Å²) in [5.74, 6) is -0.920.